The molecular formula is C25H19FO2. The van der Waals surface area contributed by atoms with Crippen molar-refractivity contribution in [2.45, 2.75) is 6.42 Å². The molecule has 0 heterocycles. The quantitative estimate of drug-likeness (QED) is 0.382. The molecule has 0 amide bonds. The first kappa shape index (κ1) is 19.2. The fourth-order valence-corrected chi connectivity index (χ4v) is 2.86. The zero-order chi connectivity index (χ0) is 19.9. The highest BCUT2D eigenvalue weighted by atomic mass is 19.1. The molecule has 3 aromatic rings. The number of allylic oxidation sites excluding steroid dienone is 2. The molecule has 0 saturated heterocycles. The number of hydrogen-bond acceptors (Lipinski definition) is 2. The predicted octanol–water partition coefficient (Wildman–Crippen LogP) is 5.92. The van der Waals surface area contributed by atoms with Gasteiger partial charge in [0, 0.05) is 28.7 Å². The summed E-state index contributed by atoms with van der Waals surface area (Å²) in [4.78, 5) is 25.7. The van der Waals surface area contributed by atoms with Crippen LogP contribution >= 0.6 is 0 Å². The van der Waals surface area contributed by atoms with Crippen LogP contribution in [0.4, 0.5) is 4.39 Å². The van der Waals surface area contributed by atoms with Crippen LogP contribution in [0.3, 0.4) is 0 Å². The lowest BCUT2D eigenvalue weighted by Gasteiger charge is -2.10. The van der Waals surface area contributed by atoms with Crippen LogP contribution in [-0.2, 0) is 0 Å². The summed E-state index contributed by atoms with van der Waals surface area (Å²) >= 11 is 0. The zero-order valence-electron chi connectivity index (χ0n) is 15.3. The molecule has 0 aliphatic carbocycles. The summed E-state index contributed by atoms with van der Waals surface area (Å²) in [7, 11) is 0. The van der Waals surface area contributed by atoms with E-state index in [1.807, 2.05) is 12.1 Å². The van der Waals surface area contributed by atoms with E-state index in [0.29, 0.717) is 22.3 Å². The van der Waals surface area contributed by atoms with Gasteiger partial charge in [-0.25, -0.2) is 4.39 Å². The maximum absolute atomic E-state index is 14.1. The van der Waals surface area contributed by atoms with Gasteiger partial charge in [0.25, 0.3) is 0 Å². The molecule has 0 fully saturated rings. The third-order valence-electron chi connectivity index (χ3n) is 4.32. The van der Waals surface area contributed by atoms with Crippen LogP contribution in [0.15, 0.2) is 103 Å². The van der Waals surface area contributed by atoms with E-state index in [1.54, 1.807) is 66.7 Å². The molecule has 3 rings (SSSR count). The average molecular weight is 370 g/mol. The van der Waals surface area contributed by atoms with Crippen molar-refractivity contribution in [3.05, 3.63) is 125 Å². The first-order valence-electron chi connectivity index (χ1n) is 8.88. The molecule has 0 aliphatic rings. The maximum atomic E-state index is 14.1. The van der Waals surface area contributed by atoms with Crippen molar-refractivity contribution in [2.75, 3.05) is 0 Å². The number of ketones is 2. The zero-order valence-corrected chi connectivity index (χ0v) is 15.3. The molecule has 0 bridgehead atoms. The number of halogens is 1. The van der Waals surface area contributed by atoms with Gasteiger partial charge in [0.05, 0.1) is 0 Å². The largest absolute Gasteiger partial charge is 0.289 e. The molecule has 0 unspecified atom stereocenters. The second-order valence-electron chi connectivity index (χ2n) is 6.36. The highest BCUT2D eigenvalue weighted by Gasteiger charge is 2.18. The van der Waals surface area contributed by atoms with Crippen LogP contribution in [0.5, 0.6) is 0 Å². The SMILES string of the molecule is C=C(C/C(=C\c1ccccc1F)C(=O)c1ccccc1)C(=O)c1ccccc1. The molecule has 3 aromatic carbocycles. The summed E-state index contributed by atoms with van der Waals surface area (Å²) in [6.07, 6.45) is 1.53. The molecule has 138 valence electrons. The average Bonchev–Trinajstić information content (AvgIpc) is 2.75. The van der Waals surface area contributed by atoms with Crippen molar-refractivity contribution in [3.63, 3.8) is 0 Å². The van der Waals surface area contributed by atoms with Crippen molar-refractivity contribution in [2.24, 2.45) is 0 Å². The van der Waals surface area contributed by atoms with E-state index in [1.165, 1.54) is 12.1 Å². The topological polar surface area (TPSA) is 34.1 Å². The molecule has 0 N–H and O–H groups in total. The molecule has 0 spiro atoms. The van der Waals surface area contributed by atoms with Crippen LogP contribution < -0.4 is 0 Å². The molecule has 3 heteroatoms. The maximum Gasteiger partial charge on any atom is 0.189 e. The number of carbonyl (C=O) groups is 2. The third kappa shape index (κ3) is 4.57. The molecule has 0 saturated carbocycles. The highest BCUT2D eigenvalue weighted by Crippen LogP contribution is 2.22. The minimum atomic E-state index is -0.430. The Bertz CT molecular complexity index is 1030. The normalized spacial score (nSPS) is 11.1. The van der Waals surface area contributed by atoms with Gasteiger partial charge in [0.15, 0.2) is 11.6 Å². The Morgan fingerprint density at radius 1 is 0.750 bits per heavy atom. The summed E-state index contributed by atoms with van der Waals surface area (Å²) in [5.74, 6) is -0.924. The Morgan fingerprint density at radius 3 is 1.82 bits per heavy atom. The number of Topliss-reactive ketones (excluding diaryl/α,β-unsaturated/α-hetero) is 2. The van der Waals surface area contributed by atoms with Crippen molar-refractivity contribution in [3.8, 4) is 0 Å². The second-order valence-corrected chi connectivity index (χ2v) is 6.36. The lowest BCUT2D eigenvalue weighted by atomic mass is 9.92. The Balaban J connectivity index is 1.95. The van der Waals surface area contributed by atoms with Gasteiger partial charge in [-0.15, -0.1) is 0 Å². The van der Waals surface area contributed by atoms with Crippen LogP contribution in [0, 0.1) is 5.82 Å². The van der Waals surface area contributed by atoms with Crippen LogP contribution in [0.1, 0.15) is 32.7 Å². The standard InChI is InChI=1S/C25H19FO2/c1-18(24(27)19-10-4-2-5-11-19)16-22(17-21-14-8-9-15-23(21)26)25(28)20-12-6-3-7-13-20/h2-15,17H,1,16H2/b22-17+. The van der Waals surface area contributed by atoms with Gasteiger partial charge in [-0.2, -0.15) is 0 Å². The Morgan fingerprint density at radius 2 is 1.25 bits per heavy atom. The van der Waals surface area contributed by atoms with Gasteiger partial charge in [-0.1, -0.05) is 85.4 Å². The van der Waals surface area contributed by atoms with E-state index in [-0.39, 0.29) is 23.6 Å². The van der Waals surface area contributed by atoms with Gasteiger partial charge in [0.1, 0.15) is 5.82 Å². The lowest BCUT2D eigenvalue weighted by Crippen LogP contribution is -2.09. The number of benzene rings is 3. The predicted molar refractivity (Wildman–Crippen MR) is 110 cm³/mol. The Labute approximate surface area is 163 Å². The molecular weight excluding hydrogens is 351 g/mol. The van der Waals surface area contributed by atoms with E-state index >= 15 is 0 Å². The molecule has 0 aromatic heterocycles. The second kappa shape index (κ2) is 8.87. The van der Waals surface area contributed by atoms with Crippen LogP contribution in [0.2, 0.25) is 0 Å². The molecule has 28 heavy (non-hydrogen) atoms. The minimum absolute atomic E-state index is 0.0375. The number of rotatable bonds is 7. The lowest BCUT2D eigenvalue weighted by molar-refractivity contribution is 0.102. The van der Waals surface area contributed by atoms with Crippen molar-refractivity contribution in [1.82, 2.24) is 0 Å². The molecule has 0 atom stereocenters. The smallest absolute Gasteiger partial charge is 0.189 e. The Kier molecular flexibility index (Phi) is 6.07. The van der Waals surface area contributed by atoms with E-state index in [9.17, 15) is 14.0 Å². The van der Waals surface area contributed by atoms with Gasteiger partial charge in [-0.05, 0) is 17.7 Å². The number of carbonyl (C=O) groups excluding carboxylic acids is 2. The monoisotopic (exact) mass is 370 g/mol. The fourth-order valence-electron chi connectivity index (χ4n) is 2.86. The molecule has 0 radical (unpaired) electrons. The van der Waals surface area contributed by atoms with Crippen LogP contribution in [-0.4, -0.2) is 11.6 Å². The summed E-state index contributed by atoms with van der Waals surface area (Å²) in [5.41, 5.74) is 1.86. The van der Waals surface area contributed by atoms with E-state index in [4.69, 9.17) is 0 Å². The highest BCUT2D eigenvalue weighted by molar-refractivity contribution is 6.14. The molecule has 0 aliphatic heterocycles. The fraction of sp³-hybridized carbons (Fsp3) is 0.0400. The van der Waals surface area contributed by atoms with Crippen molar-refractivity contribution >= 4 is 17.6 Å². The van der Waals surface area contributed by atoms with Gasteiger partial charge in [-0.3, -0.25) is 9.59 Å². The van der Waals surface area contributed by atoms with Gasteiger partial charge in [0.2, 0.25) is 0 Å². The number of hydrogen-bond donors (Lipinski definition) is 0. The Hall–Kier alpha value is -3.59. The van der Waals surface area contributed by atoms with Crippen molar-refractivity contribution in [1.29, 1.82) is 0 Å². The van der Waals surface area contributed by atoms with Crippen LogP contribution in [0.25, 0.3) is 6.08 Å². The summed E-state index contributed by atoms with van der Waals surface area (Å²) in [6, 6.07) is 23.7. The summed E-state index contributed by atoms with van der Waals surface area (Å²) < 4.78 is 14.1. The van der Waals surface area contributed by atoms with Crippen molar-refractivity contribution < 1.29 is 14.0 Å². The van der Waals surface area contributed by atoms with E-state index in [2.05, 4.69) is 6.58 Å². The minimum Gasteiger partial charge on any atom is -0.289 e. The van der Waals surface area contributed by atoms with Gasteiger partial charge >= 0.3 is 0 Å². The first-order valence-corrected chi connectivity index (χ1v) is 8.88. The third-order valence-corrected chi connectivity index (χ3v) is 4.32. The van der Waals surface area contributed by atoms with Gasteiger partial charge < -0.3 is 0 Å². The first-order chi connectivity index (χ1) is 13.6. The summed E-state index contributed by atoms with van der Waals surface area (Å²) in [5, 5.41) is 0. The van der Waals surface area contributed by atoms with E-state index < -0.39 is 5.82 Å². The summed E-state index contributed by atoms with van der Waals surface area (Å²) in [6.45, 7) is 3.87. The van der Waals surface area contributed by atoms with E-state index in [0.717, 1.165) is 0 Å². The molecule has 2 nitrogen and oxygen atoms in total.